The monoisotopic (exact) mass is 293 g/mol. The molecule has 7 nitrogen and oxygen atoms in total. The molecule has 21 heavy (non-hydrogen) atoms. The van der Waals surface area contributed by atoms with Crippen molar-refractivity contribution in [2.45, 2.75) is 12.0 Å². The van der Waals surface area contributed by atoms with E-state index in [4.69, 9.17) is 15.2 Å². The third kappa shape index (κ3) is 4.01. The van der Waals surface area contributed by atoms with Crippen molar-refractivity contribution in [3.05, 3.63) is 24.3 Å². The molecule has 114 valence electrons. The van der Waals surface area contributed by atoms with Gasteiger partial charge in [-0.3, -0.25) is 9.59 Å². The molecule has 2 rings (SSSR count). The molecule has 1 aromatic carbocycles. The molecule has 7 heteroatoms. The summed E-state index contributed by atoms with van der Waals surface area (Å²) in [4.78, 5) is 23.4. The van der Waals surface area contributed by atoms with Crippen molar-refractivity contribution in [1.29, 1.82) is 0 Å². The fourth-order valence-corrected chi connectivity index (χ4v) is 1.98. The molecule has 0 spiro atoms. The van der Waals surface area contributed by atoms with Gasteiger partial charge in [0.15, 0.2) is 0 Å². The number of anilines is 2. The number of carbonyl (C=O) groups is 2. The third-order valence-electron chi connectivity index (χ3n) is 3.21. The number of methoxy groups -OCH3 is 1. The van der Waals surface area contributed by atoms with Gasteiger partial charge in [0.25, 0.3) is 0 Å². The fourth-order valence-electron chi connectivity index (χ4n) is 1.98. The van der Waals surface area contributed by atoms with E-state index in [0.717, 1.165) is 0 Å². The van der Waals surface area contributed by atoms with E-state index in [1.54, 1.807) is 24.3 Å². The average Bonchev–Trinajstić information content (AvgIpc) is 2.89. The number of nitrogens with one attached hydrogen (secondary N) is 2. The molecule has 1 aliphatic rings. The molecule has 1 heterocycles. The normalized spacial score (nSPS) is 21.0. The number of carbonyl (C=O) groups excluding carboxylic acids is 2. The maximum Gasteiger partial charge on any atom is 0.250 e. The summed E-state index contributed by atoms with van der Waals surface area (Å²) < 4.78 is 9.89. The number of hydrogen-bond acceptors (Lipinski definition) is 5. The zero-order chi connectivity index (χ0) is 15.3. The van der Waals surface area contributed by atoms with E-state index in [1.165, 1.54) is 7.11 Å². The highest BCUT2D eigenvalue weighted by Gasteiger charge is 2.38. The Morgan fingerprint density at radius 2 is 1.90 bits per heavy atom. The molecule has 0 aromatic heterocycles. The zero-order valence-corrected chi connectivity index (χ0v) is 11.8. The number of nitrogens with two attached hydrogens (primary N) is 1. The van der Waals surface area contributed by atoms with Crippen LogP contribution >= 0.6 is 0 Å². The molecule has 0 bridgehead atoms. The second-order valence-corrected chi connectivity index (χ2v) is 4.97. The van der Waals surface area contributed by atoms with Crippen LogP contribution in [0.2, 0.25) is 0 Å². The van der Waals surface area contributed by atoms with Crippen LogP contribution in [0.4, 0.5) is 11.4 Å². The van der Waals surface area contributed by atoms with Gasteiger partial charge in [0, 0.05) is 25.1 Å². The van der Waals surface area contributed by atoms with Crippen LogP contribution in [0.15, 0.2) is 24.3 Å². The molecule has 0 aliphatic carbocycles. The minimum absolute atomic E-state index is 0.00577. The largest absolute Gasteiger partial charge is 0.379 e. The summed E-state index contributed by atoms with van der Waals surface area (Å²) >= 11 is 0. The van der Waals surface area contributed by atoms with E-state index in [0.29, 0.717) is 24.4 Å². The standard InChI is InChI=1S/C14H19N3O4/c1-20-8-12(18)16-10-2-4-11(5-3-10)17-13(19)14(15)6-7-21-9-14/h2-5H,6-9,15H2,1H3,(H,16,18)(H,17,19). The molecule has 1 aliphatic heterocycles. The summed E-state index contributed by atoms with van der Waals surface area (Å²) in [7, 11) is 1.45. The Bertz CT molecular complexity index is 509. The Hall–Kier alpha value is -1.96. The third-order valence-corrected chi connectivity index (χ3v) is 3.21. The van der Waals surface area contributed by atoms with Crippen molar-refractivity contribution in [3.8, 4) is 0 Å². The number of rotatable bonds is 5. The van der Waals surface area contributed by atoms with Crippen LogP contribution in [0.1, 0.15) is 6.42 Å². The summed E-state index contributed by atoms with van der Waals surface area (Å²) in [5, 5.41) is 5.41. The lowest BCUT2D eigenvalue weighted by Crippen LogP contribution is -2.51. The highest BCUT2D eigenvalue weighted by atomic mass is 16.5. The second-order valence-electron chi connectivity index (χ2n) is 4.97. The number of ether oxygens (including phenoxy) is 2. The van der Waals surface area contributed by atoms with Crippen LogP contribution in [-0.4, -0.2) is 44.3 Å². The number of amides is 2. The van der Waals surface area contributed by atoms with E-state index in [1.807, 2.05) is 0 Å². The highest BCUT2D eigenvalue weighted by molar-refractivity contribution is 5.98. The minimum Gasteiger partial charge on any atom is -0.379 e. The average molecular weight is 293 g/mol. The molecule has 4 N–H and O–H groups in total. The highest BCUT2D eigenvalue weighted by Crippen LogP contribution is 2.19. The van der Waals surface area contributed by atoms with Gasteiger partial charge in [0.2, 0.25) is 11.8 Å². The van der Waals surface area contributed by atoms with Crippen LogP contribution in [0.25, 0.3) is 0 Å². The van der Waals surface area contributed by atoms with Gasteiger partial charge in [-0.1, -0.05) is 0 Å². The van der Waals surface area contributed by atoms with Crippen molar-refractivity contribution in [2.24, 2.45) is 5.73 Å². The summed E-state index contributed by atoms with van der Waals surface area (Å²) in [6, 6.07) is 6.77. The molecular formula is C14H19N3O4. The predicted octanol–water partition coefficient (Wildman–Crippen LogP) is 0.328. The lowest BCUT2D eigenvalue weighted by atomic mass is 9.99. The lowest BCUT2D eigenvalue weighted by molar-refractivity contribution is -0.121. The van der Waals surface area contributed by atoms with Gasteiger partial charge in [-0.2, -0.15) is 0 Å². The second kappa shape index (κ2) is 6.66. The summed E-state index contributed by atoms with van der Waals surface area (Å²) in [6.07, 6.45) is 0.504. The molecule has 0 saturated carbocycles. The molecule has 1 aromatic rings. The molecular weight excluding hydrogens is 274 g/mol. The zero-order valence-electron chi connectivity index (χ0n) is 11.8. The van der Waals surface area contributed by atoms with Gasteiger partial charge in [0.05, 0.1) is 6.61 Å². The molecule has 0 radical (unpaired) electrons. The van der Waals surface area contributed by atoms with E-state index in [-0.39, 0.29) is 25.0 Å². The van der Waals surface area contributed by atoms with E-state index >= 15 is 0 Å². The van der Waals surface area contributed by atoms with Crippen LogP contribution in [-0.2, 0) is 19.1 Å². The van der Waals surface area contributed by atoms with Gasteiger partial charge >= 0.3 is 0 Å². The first-order valence-electron chi connectivity index (χ1n) is 6.60. The van der Waals surface area contributed by atoms with E-state index in [2.05, 4.69) is 10.6 Å². The smallest absolute Gasteiger partial charge is 0.250 e. The molecule has 1 atom stereocenters. The first-order chi connectivity index (χ1) is 10.0. The van der Waals surface area contributed by atoms with Crippen LogP contribution in [0, 0.1) is 0 Å². The summed E-state index contributed by atoms with van der Waals surface area (Å²) in [5.41, 5.74) is 6.24. The van der Waals surface area contributed by atoms with Crippen molar-refractivity contribution in [3.63, 3.8) is 0 Å². The molecule has 1 saturated heterocycles. The number of benzene rings is 1. The predicted molar refractivity (Wildman–Crippen MR) is 77.9 cm³/mol. The van der Waals surface area contributed by atoms with Gasteiger partial charge in [-0.25, -0.2) is 0 Å². The number of hydrogen-bond donors (Lipinski definition) is 3. The Kier molecular flexibility index (Phi) is 4.89. The quantitative estimate of drug-likeness (QED) is 0.726. The van der Waals surface area contributed by atoms with Crippen LogP contribution in [0.3, 0.4) is 0 Å². The fraction of sp³-hybridized carbons (Fsp3) is 0.429. The first kappa shape index (κ1) is 15.4. The van der Waals surface area contributed by atoms with Gasteiger partial charge in [-0.15, -0.1) is 0 Å². The van der Waals surface area contributed by atoms with Gasteiger partial charge in [0.1, 0.15) is 12.1 Å². The lowest BCUT2D eigenvalue weighted by Gasteiger charge is -2.20. The Balaban J connectivity index is 1.93. The van der Waals surface area contributed by atoms with Crippen LogP contribution < -0.4 is 16.4 Å². The molecule has 2 amide bonds. The Morgan fingerprint density at radius 3 is 2.43 bits per heavy atom. The van der Waals surface area contributed by atoms with Crippen molar-refractivity contribution < 1.29 is 19.1 Å². The van der Waals surface area contributed by atoms with Gasteiger partial charge < -0.3 is 25.8 Å². The minimum atomic E-state index is -0.967. The van der Waals surface area contributed by atoms with Gasteiger partial charge in [-0.05, 0) is 30.7 Å². The topological polar surface area (TPSA) is 103 Å². The van der Waals surface area contributed by atoms with E-state index < -0.39 is 5.54 Å². The molecule has 1 fully saturated rings. The maximum atomic E-state index is 12.1. The van der Waals surface area contributed by atoms with Crippen molar-refractivity contribution in [2.75, 3.05) is 37.6 Å². The van der Waals surface area contributed by atoms with E-state index in [9.17, 15) is 9.59 Å². The van der Waals surface area contributed by atoms with Crippen molar-refractivity contribution in [1.82, 2.24) is 0 Å². The van der Waals surface area contributed by atoms with Crippen molar-refractivity contribution >= 4 is 23.2 Å². The molecule has 1 unspecified atom stereocenters. The summed E-state index contributed by atoms with van der Waals surface area (Å²) in [5.74, 6) is -0.505. The Morgan fingerprint density at radius 1 is 1.29 bits per heavy atom. The maximum absolute atomic E-state index is 12.1. The summed E-state index contributed by atoms with van der Waals surface area (Å²) in [6.45, 7) is 0.715. The van der Waals surface area contributed by atoms with Crippen LogP contribution in [0.5, 0.6) is 0 Å². The first-order valence-corrected chi connectivity index (χ1v) is 6.60. The SMILES string of the molecule is COCC(=O)Nc1ccc(NC(=O)C2(N)CCOC2)cc1. The Labute approximate surface area is 122 Å².